The van der Waals surface area contributed by atoms with Gasteiger partial charge in [0, 0.05) is 18.0 Å². The van der Waals surface area contributed by atoms with Gasteiger partial charge in [-0.2, -0.15) is 9.97 Å². The first kappa shape index (κ1) is 25.5. The molecule has 1 aliphatic heterocycles. The Kier molecular flexibility index (Phi) is 7.69. The Morgan fingerprint density at radius 1 is 1.16 bits per heavy atom. The Hall–Kier alpha value is -4.18. The molecule has 1 aliphatic rings. The lowest BCUT2D eigenvalue weighted by Crippen LogP contribution is -2.34. The van der Waals surface area contributed by atoms with E-state index in [1.807, 2.05) is 42.5 Å². The number of pyridine rings is 1. The highest BCUT2D eigenvalue weighted by molar-refractivity contribution is 5.77. The second-order valence-electron chi connectivity index (χ2n) is 9.67. The van der Waals surface area contributed by atoms with Gasteiger partial charge in [0.1, 0.15) is 17.2 Å². The van der Waals surface area contributed by atoms with E-state index in [9.17, 15) is 4.79 Å². The fourth-order valence-electron chi connectivity index (χ4n) is 4.31. The minimum absolute atomic E-state index is 0.107. The smallest absolute Gasteiger partial charge is 0.278 e. The molecule has 4 heterocycles. The highest BCUT2D eigenvalue weighted by Crippen LogP contribution is 2.22. The minimum Gasteiger partial charge on any atom is -0.493 e. The Morgan fingerprint density at radius 2 is 1.95 bits per heavy atom. The van der Waals surface area contributed by atoms with E-state index in [-0.39, 0.29) is 18.2 Å². The van der Waals surface area contributed by atoms with Gasteiger partial charge in [0.15, 0.2) is 11.5 Å². The third kappa shape index (κ3) is 5.70. The summed E-state index contributed by atoms with van der Waals surface area (Å²) >= 11 is 0. The van der Waals surface area contributed by atoms with Crippen molar-refractivity contribution in [3.63, 3.8) is 0 Å². The standard InChI is InChI=1S/C28H33N7O3/c1-4-16-34-27(36)23-17-30-28(31-20-8-10-21(11-9-20)37-18-19(2)3)33-26(23)35(34)24-6-5-7-25(32-24)38-22-12-14-29-15-13-22/h4-11,17,19,22,29H,1,12-16,18H2,2-3H3,(H,30,31,33). The maximum atomic E-state index is 13.2. The first-order valence-corrected chi connectivity index (χ1v) is 13.0. The van der Waals surface area contributed by atoms with Gasteiger partial charge >= 0.3 is 0 Å². The largest absolute Gasteiger partial charge is 0.493 e. The van der Waals surface area contributed by atoms with Gasteiger partial charge in [-0.1, -0.05) is 26.0 Å². The van der Waals surface area contributed by atoms with Gasteiger partial charge in [-0.05, 0) is 62.2 Å². The van der Waals surface area contributed by atoms with Crippen LogP contribution in [0.3, 0.4) is 0 Å². The Balaban J connectivity index is 1.47. The van der Waals surface area contributed by atoms with Crippen molar-refractivity contribution in [1.29, 1.82) is 0 Å². The van der Waals surface area contributed by atoms with Crippen molar-refractivity contribution in [2.75, 3.05) is 25.0 Å². The molecule has 0 atom stereocenters. The van der Waals surface area contributed by atoms with Crippen LogP contribution >= 0.6 is 0 Å². The average Bonchev–Trinajstić information content (AvgIpc) is 3.20. The van der Waals surface area contributed by atoms with Crippen LogP contribution in [0.2, 0.25) is 0 Å². The van der Waals surface area contributed by atoms with Crippen molar-refractivity contribution in [3.8, 4) is 17.4 Å². The van der Waals surface area contributed by atoms with Crippen LogP contribution in [0.1, 0.15) is 26.7 Å². The lowest BCUT2D eigenvalue weighted by molar-refractivity contribution is 0.156. The zero-order valence-electron chi connectivity index (χ0n) is 21.8. The van der Waals surface area contributed by atoms with Crippen LogP contribution in [0.4, 0.5) is 11.6 Å². The molecule has 0 bridgehead atoms. The summed E-state index contributed by atoms with van der Waals surface area (Å²) in [4.78, 5) is 27.1. The topological polar surface area (TPSA) is 108 Å². The van der Waals surface area contributed by atoms with Crippen LogP contribution in [0, 0.1) is 5.92 Å². The van der Waals surface area contributed by atoms with Gasteiger partial charge in [-0.15, -0.1) is 6.58 Å². The Labute approximate surface area is 221 Å². The summed E-state index contributed by atoms with van der Waals surface area (Å²) in [5, 5.41) is 6.95. The SMILES string of the molecule is C=CCn1c(=O)c2cnc(Nc3ccc(OCC(C)C)cc3)nc2n1-c1cccc(OC2CCNCC2)n1. The quantitative estimate of drug-likeness (QED) is 0.304. The fourth-order valence-corrected chi connectivity index (χ4v) is 4.31. The molecule has 0 aliphatic carbocycles. The van der Waals surface area contributed by atoms with Crippen molar-refractivity contribution in [1.82, 2.24) is 29.6 Å². The summed E-state index contributed by atoms with van der Waals surface area (Å²) in [5.74, 6) is 2.65. The molecular formula is C28H33N7O3. The molecule has 2 N–H and O–H groups in total. The normalized spacial score (nSPS) is 14.1. The second-order valence-corrected chi connectivity index (χ2v) is 9.67. The van der Waals surface area contributed by atoms with Crippen molar-refractivity contribution in [3.05, 3.63) is 71.7 Å². The number of aromatic nitrogens is 5. The van der Waals surface area contributed by atoms with Crippen LogP contribution in [-0.4, -0.2) is 50.1 Å². The number of piperidine rings is 1. The predicted molar refractivity (Wildman–Crippen MR) is 148 cm³/mol. The minimum atomic E-state index is -0.218. The predicted octanol–water partition coefficient (Wildman–Crippen LogP) is 4.07. The molecule has 5 rings (SSSR count). The molecule has 10 heteroatoms. The number of ether oxygens (including phenoxy) is 2. The molecule has 4 aromatic rings. The van der Waals surface area contributed by atoms with E-state index >= 15 is 0 Å². The van der Waals surface area contributed by atoms with E-state index in [1.165, 1.54) is 0 Å². The summed E-state index contributed by atoms with van der Waals surface area (Å²) in [6.07, 6.45) is 5.16. The summed E-state index contributed by atoms with van der Waals surface area (Å²) in [6.45, 7) is 10.8. The van der Waals surface area contributed by atoms with Gasteiger partial charge in [0.25, 0.3) is 5.56 Å². The number of nitrogens with one attached hydrogen (secondary N) is 2. The van der Waals surface area contributed by atoms with Crippen molar-refractivity contribution in [2.45, 2.75) is 39.3 Å². The number of fused-ring (bicyclic) bond motifs is 1. The first-order chi connectivity index (χ1) is 18.5. The maximum absolute atomic E-state index is 13.2. The van der Waals surface area contributed by atoms with E-state index in [2.05, 4.69) is 36.0 Å². The monoisotopic (exact) mass is 515 g/mol. The van der Waals surface area contributed by atoms with Gasteiger partial charge in [0.05, 0.1) is 13.2 Å². The summed E-state index contributed by atoms with van der Waals surface area (Å²) in [7, 11) is 0. The lowest BCUT2D eigenvalue weighted by atomic mass is 10.1. The maximum Gasteiger partial charge on any atom is 0.278 e. The molecule has 1 saturated heterocycles. The van der Waals surface area contributed by atoms with Gasteiger partial charge < -0.3 is 20.1 Å². The van der Waals surface area contributed by atoms with Crippen LogP contribution in [0.25, 0.3) is 16.9 Å². The van der Waals surface area contributed by atoms with Gasteiger partial charge in [-0.3, -0.25) is 4.79 Å². The third-order valence-corrected chi connectivity index (χ3v) is 6.17. The Bertz CT molecular complexity index is 1450. The number of nitrogens with zero attached hydrogens (tertiary/aromatic N) is 5. The molecule has 3 aromatic heterocycles. The number of benzene rings is 1. The van der Waals surface area contributed by atoms with E-state index in [0.717, 1.165) is 37.4 Å². The molecule has 38 heavy (non-hydrogen) atoms. The van der Waals surface area contributed by atoms with Crippen molar-refractivity contribution < 1.29 is 9.47 Å². The van der Waals surface area contributed by atoms with Crippen LogP contribution < -0.4 is 25.7 Å². The molecule has 0 saturated carbocycles. The highest BCUT2D eigenvalue weighted by atomic mass is 16.5. The summed E-state index contributed by atoms with van der Waals surface area (Å²) < 4.78 is 15.2. The summed E-state index contributed by atoms with van der Waals surface area (Å²) in [5.41, 5.74) is 1.03. The first-order valence-electron chi connectivity index (χ1n) is 13.0. The molecule has 0 spiro atoms. The molecule has 10 nitrogen and oxygen atoms in total. The van der Waals surface area contributed by atoms with Crippen molar-refractivity contribution in [2.24, 2.45) is 5.92 Å². The van der Waals surface area contributed by atoms with Crippen LogP contribution in [0.5, 0.6) is 11.6 Å². The molecule has 0 amide bonds. The molecule has 1 fully saturated rings. The van der Waals surface area contributed by atoms with Gasteiger partial charge in [0.2, 0.25) is 11.8 Å². The fraction of sp³-hybridized carbons (Fsp3) is 0.357. The van der Waals surface area contributed by atoms with Crippen molar-refractivity contribution >= 4 is 22.7 Å². The molecule has 1 aromatic carbocycles. The van der Waals surface area contributed by atoms with Crippen LogP contribution in [0.15, 0.2) is 66.1 Å². The molecule has 198 valence electrons. The van der Waals surface area contributed by atoms with E-state index in [1.54, 1.807) is 21.6 Å². The number of hydrogen-bond acceptors (Lipinski definition) is 8. The average molecular weight is 516 g/mol. The molecular weight excluding hydrogens is 482 g/mol. The van der Waals surface area contributed by atoms with E-state index < -0.39 is 0 Å². The number of hydrogen-bond donors (Lipinski definition) is 2. The van der Waals surface area contributed by atoms with Gasteiger partial charge in [-0.25, -0.2) is 14.3 Å². The van der Waals surface area contributed by atoms with E-state index in [4.69, 9.17) is 19.4 Å². The zero-order valence-corrected chi connectivity index (χ0v) is 21.8. The Morgan fingerprint density at radius 3 is 2.68 bits per heavy atom. The number of rotatable bonds is 10. The zero-order chi connectivity index (χ0) is 26.5. The summed E-state index contributed by atoms with van der Waals surface area (Å²) in [6, 6.07) is 13.2. The van der Waals surface area contributed by atoms with Crippen LogP contribution in [-0.2, 0) is 6.54 Å². The second kappa shape index (κ2) is 11.5. The lowest BCUT2D eigenvalue weighted by Gasteiger charge is -2.23. The third-order valence-electron chi connectivity index (χ3n) is 6.17. The van der Waals surface area contributed by atoms with E-state index in [0.29, 0.717) is 41.2 Å². The number of allylic oxidation sites excluding steroid dienone is 1. The molecule has 0 unspecified atom stereocenters. The number of anilines is 2. The highest BCUT2D eigenvalue weighted by Gasteiger charge is 2.20. The molecule has 0 radical (unpaired) electrons.